The van der Waals surface area contributed by atoms with Crippen molar-refractivity contribution < 1.29 is 14.3 Å². The molecule has 1 heterocycles. The highest BCUT2D eigenvalue weighted by Gasteiger charge is 2.12. The Morgan fingerprint density at radius 1 is 1.03 bits per heavy atom. The van der Waals surface area contributed by atoms with Crippen molar-refractivity contribution in [2.75, 3.05) is 19.0 Å². The van der Waals surface area contributed by atoms with Crippen LogP contribution in [0, 0.1) is 13.8 Å². The van der Waals surface area contributed by atoms with Crippen LogP contribution >= 0.6 is 0 Å². The first-order valence-corrected chi connectivity index (χ1v) is 9.19. The summed E-state index contributed by atoms with van der Waals surface area (Å²) in [5, 5.41) is 6.66. The lowest BCUT2D eigenvalue weighted by Crippen LogP contribution is -2.37. The van der Waals surface area contributed by atoms with E-state index in [4.69, 9.17) is 4.74 Å². The molecule has 2 N–H and O–H groups in total. The minimum absolute atomic E-state index is 0.156. The van der Waals surface area contributed by atoms with Crippen LogP contribution in [0.5, 0.6) is 5.75 Å². The van der Waals surface area contributed by atoms with Crippen LogP contribution in [-0.4, -0.2) is 30.0 Å². The molecule has 0 spiro atoms. The van der Waals surface area contributed by atoms with Gasteiger partial charge >= 0.3 is 0 Å². The summed E-state index contributed by atoms with van der Waals surface area (Å²) >= 11 is 0. The van der Waals surface area contributed by atoms with Crippen LogP contribution in [-0.2, 0) is 16.1 Å². The lowest BCUT2D eigenvalue weighted by molar-refractivity contribution is -0.124. The summed E-state index contributed by atoms with van der Waals surface area (Å²) in [6.45, 7) is 3.31. The molecule has 0 radical (unpaired) electrons. The molecule has 0 unspecified atom stereocenters. The fraction of sp³-hybridized carbons (Fsp3) is 0.227. The van der Waals surface area contributed by atoms with Gasteiger partial charge in [-0.05, 0) is 49.1 Å². The number of nitrogens with one attached hydrogen (secondary N) is 2. The van der Waals surface area contributed by atoms with Gasteiger partial charge in [-0.3, -0.25) is 14.4 Å². The van der Waals surface area contributed by atoms with Crippen molar-refractivity contribution in [2.24, 2.45) is 0 Å². The lowest BCUT2D eigenvalue weighted by Gasteiger charge is -2.13. The van der Waals surface area contributed by atoms with E-state index < -0.39 is 5.91 Å². The fourth-order valence-electron chi connectivity index (χ4n) is 3.11. The highest BCUT2D eigenvalue weighted by atomic mass is 16.5. The van der Waals surface area contributed by atoms with E-state index in [1.807, 2.05) is 31.2 Å². The summed E-state index contributed by atoms with van der Waals surface area (Å²) in [5.41, 5.74) is 1.95. The zero-order valence-electron chi connectivity index (χ0n) is 16.6. The molecule has 0 atom stereocenters. The predicted octanol–water partition coefficient (Wildman–Crippen LogP) is 2.38. The minimum atomic E-state index is -0.420. The van der Waals surface area contributed by atoms with Crippen LogP contribution in [0.25, 0.3) is 10.8 Å². The molecule has 0 aliphatic heterocycles. The molecular formula is C22H23N3O4. The first-order chi connectivity index (χ1) is 13.9. The molecule has 0 saturated carbocycles. The maximum Gasteiger partial charge on any atom is 0.259 e. The number of anilines is 1. The van der Waals surface area contributed by atoms with E-state index in [1.54, 1.807) is 31.2 Å². The number of aryl methyl sites for hydroxylation is 2. The Bertz CT molecular complexity index is 1130. The molecule has 0 fully saturated rings. The van der Waals surface area contributed by atoms with E-state index in [1.165, 1.54) is 11.7 Å². The minimum Gasteiger partial charge on any atom is -0.495 e. The number of amides is 2. The van der Waals surface area contributed by atoms with Crippen molar-refractivity contribution in [3.63, 3.8) is 0 Å². The van der Waals surface area contributed by atoms with E-state index in [0.717, 1.165) is 10.9 Å². The highest BCUT2D eigenvalue weighted by Crippen LogP contribution is 2.24. The molecule has 2 amide bonds. The zero-order chi connectivity index (χ0) is 21.0. The van der Waals surface area contributed by atoms with Crippen molar-refractivity contribution in [2.45, 2.75) is 20.4 Å². The third-order valence-electron chi connectivity index (χ3n) is 4.60. The number of aromatic nitrogens is 1. The van der Waals surface area contributed by atoms with E-state index >= 15 is 0 Å². The maximum atomic E-state index is 12.7. The third kappa shape index (κ3) is 4.63. The largest absolute Gasteiger partial charge is 0.495 e. The van der Waals surface area contributed by atoms with Crippen molar-refractivity contribution in [1.82, 2.24) is 9.88 Å². The number of benzene rings is 2. The average molecular weight is 393 g/mol. The second-order valence-electron chi connectivity index (χ2n) is 6.79. The number of carbonyl (C=O) groups is 2. The number of pyridine rings is 1. The first kappa shape index (κ1) is 20.1. The number of rotatable bonds is 6. The normalized spacial score (nSPS) is 10.6. The van der Waals surface area contributed by atoms with Gasteiger partial charge in [0.15, 0.2) is 0 Å². The van der Waals surface area contributed by atoms with E-state index in [0.29, 0.717) is 22.5 Å². The summed E-state index contributed by atoms with van der Waals surface area (Å²) in [4.78, 5) is 37.2. The van der Waals surface area contributed by atoms with Crippen LogP contribution in [0.3, 0.4) is 0 Å². The van der Waals surface area contributed by atoms with E-state index in [9.17, 15) is 14.4 Å². The summed E-state index contributed by atoms with van der Waals surface area (Å²) in [6, 6.07) is 14.5. The Balaban J connectivity index is 1.65. The SMILES string of the molecule is COc1ccc(C)cc1NC(=O)CNC(=O)Cn1c(C)cc2ccccc2c1=O. The van der Waals surface area contributed by atoms with E-state index in [2.05, 4.69) is 10.6 Å². The number of carbonyl (C=O) groups excluding carboxylic acids is 2. The molecule has 29 heavy (non-hydrogen) atoms. The maximum absolute atomic E-state index is 12.7. The second-order valence-corrected chi connectivity index (χ2v) is 6.79. The monoisotopic (exact) mass is 393 g/mol. The Morgan fingerprint density at radius 3 is 2.55 bits per heavy atom. The van der Waals surface area contributed by atoms with Gasteiger partial charge < -0.3 is 19.9 Å². The third-order valence-corrected chi connectivity index (χ3v) is 4.60. The van der Waals surface area contributed by atoms with Gasteiger partial charge in [-0.2, -0.15) is 0 Å². The van der Waals surface area contributed by atoms with Gasteiger partial charge in [-0.25, -0.2) is 0 Å². The molecule has 0 aliphatic rings. The Kier molecular flexibility index (Phi) is 5.97. The summed E-state index contributed by atoms with van der Waals surface area (Å²) in [7, 11) is 1.52. The molecule has 150 valence electrons. The lowest BCUT2D eigenvalue weighted by atomic mass is 10.1. The van der Waals surface area contributed by atoms with Gasteiger partial charge in [0.2, 0.25) is 11.8 Å². The number of fused-ring (bicyclic) bond motifs is 1. The van der Waals surface area contributed by atoms with Crippen molar-refractivity contribution in [3.8, 4) is 5.75 Å². The Labute approximate surface area is 168 Å². The van der Waals surface area contributed by atoms with Gasteiger partial charge in [0.25, 0.3) is 5.56 Å². The second kappa shape index (κ2) is 8.60. The van der Waals surface area contributed by atoms with Crippen LogP contribution in [0.15, 0.2) is 53.3 Å². The van der Waals surface area contributed by atoms with Crippen molar-refractivity contribution >= 4 is 28.3 Å². The molecule has 3 rings (SSSR count). The number of hydrogen-bond donors (Lipinski definition) is 2. The molecule has 7 nitrogen and oxygen atoms in total. The summed E-state index contributed by atoms with van der Waals surface area (Å²) < 4.78 is 6.63. The average Bonchev–Trinajstić information content (AvgIpc) is 2.70. The number of hydrogen-bond acceptors (Lipinski definition) is 4. The van der Waals surface area contributed by atoms with Gasteiger partial charge in [-0.15, -0.1) is 0 Å². The van der Waals surface area contributed by atoms with Gasteiger partial charge in [0, 0.05) is 11.1 Å². The number of ether oxygens (including phenoxy) is 1. The number of methoxy groups -OCH3 is 1. The molecule has 7 heteroatoms. The number of nitrogens with zero attached hydrogens (tertiary/aromatic N) is 1. The predicted molar refractivity (Wildman–Crippen MR) is 112 cm³/mol. The topological polar surface area (TPSA) is 89.4 Å². The molecule has 0 saturated heterocycles. The Hall–Kier alpha value is -3.61. The highest BCUT2D eigenvalue weighted by molar-refractivity contribution is 5.95. The van der Waals surface area contributed by atoms with Crippen LogP contribution in [0.4, 0.5) is 5.69 Å². The van der Waals surface area contributed by atoms with Crippen LogP contribution < -0.4 is 20.9 Å². The quantitative estimate of drug-likeness (QED) is 0.673. The standard InChI is InChI=1S/C22H23N3O4/c1-14-8-9-19(29-3)18(10-14)24-20(26)12-23-21(27)13-25-15(2)11-16-6-4-5-7-17(16)22(25)28/h4-11H,12-13H2,1-3H3,(H,23,27)(H,24,26). The van der Waals surface area contributed by atoms with Crippen molar-refractivity contribution in [3.05, 3.63) is 70.1 Å². The van der Waals surface area contributed by atoms with Gasteiger partial charge in [0.1, 0.15) is 12.3 Å². The fourth-order valence-corrected chi connectivity index (χ4v) is 3.11. The Morgan fingerprint density at radius 2 is 1.79 bits per heavy atom. The molecular weight excluding hydrogens is 370 g/mol. The van der Waals surface area contributed by atoms with Crippen molar-refractivity contribution in [1.29, 1.82) is 0 Å². The summed E-state index contributed by atoms with van der Waals surface area (Å²) in [6.07, 6.45) is 0. The summed E-state index contributed by atoms with van der Waals surface area (Å²) in [5.74, 6) is -0.268. The zero-order valence-corrected chi connectivity index (χ0v) is 16.6. The van der Waals surface area contributed by atoms with E-state index in [-0.39, 0.29) is 24.6 Å². The first-order valence-electron chi connectivity index (χ1n) is 9.19. The van der Waals surface area contributed by atoms with Gasteiger partial charge in [0.05, 0.1) is 19.3 Å². The molecule has 1 aromatic heterocycles. The van der Waals surface area contributed by atoms with Crippen LogP contribution in [0.2, 0.25) is 0 Å². The molecule has 3 aromatic rings. The molecule has 0 bridgehead atoms. The molecule has 0 aliphatic carbocycles. The van der Waals surface area contributed by atoms with Gasteiger partial charge in [-0.1, -0.05) is 24.3 Å². The smallest absolute Gasteiger partial charge is 0.259 e. The molecule has 2 aromatic carbocycles. The van der Waals surface area contributed by atoms with Crippen LogP contribution in [0.1, 0.15) is 11.3 Å².